The Morgan fingerprint density at radius 3 is 2.39 bits per heavy atom. The number of H-pyrrole nitrogens is 1. The number of aromatic amines is 1. The highest BCUT2D eigenvalue weighted by molar-refractivity contribution is 6.73. The second-order valence-electron chi connectivity index (χ2n) is 9.78. The van der Waals surface area contributed by atoms with Crippen LogP contribution in [0.15, 0.2) is 27.9 Å². The van der Waals surface area contributed by atoms with Crippen molar-refractivity contribution < 1.29 is 13.6 Å². The SMILES string of the molecule is Cc1cn([C@H]2CC=C[C@@H]3O[Si](C(C)(C)C)(C(C)(C)C)OC[C@H]3O2)c(=O)[nH]c1=O. The third kappa shape index (κ3) is 3.58. The maximum absolute atomic E-state index is 12.3. The fourth-order valence-electron chi connectivity index (χ4n) is 4.35. The summed E-state index contributed by atoms with van der Waals surface area (Å²) in [5.41, 5.74) is -0.382. The molecule has 0 radical (unpaired) electrons. The Morgan fingerprint density at radius 2 is 1.79 bits per heavy atom. The van der Waals surface area contributed by atoms with Crippen LogP contribution in [0.25, 0.3) is 0 Å². The van der Waals surface area contributed by atoms with Crippen molar-refractivity contribution in [2.24, 2.45) is 0 Å². The molecule has 1 aromatic rings. The van der Waals surface area contributed by atoms with E-state index in [0.29, 0.717) is 18.6 Å². The molecule has 3 atom stereocenters. The van der Waals surface area contributed by atoms with Gasteiger partial charge >= 0.3 is 14.3 Å². The second-order valence-corrected chi connectivity index (χ2v) is 14.5. The maximum atomic E-state index is 12.3. The Morgan fingerprint density at radius 1 is 1.14 bits per heavy atom. The van der Waals surface area contributed by atoms with Crippen LogP contribution in [0.2, 0.25) is 10.1 Å². The summed E-state index contributed by atoms with van der Waals surface area (Å²) in [7, 11) is -2.59. The minimum Gasteiger partial charge on any atom is -0.391 e. The number of hydrogen-bond acceptors (Lipinski definition) is 5. The molecule has 2 aliphatic rings. The van der Waals surface area contributed by atoms with Gasteiger partial charge in [-0.1, -0.05) is 53.7 Å². The quantitative estimate of drug-likeness (QED) is 0.570. The lowest BCUT2D eigenvalue weighted by atomic mass is 10.2. The van der Waals surface area contributed by atoms with Gasteiger partial charge in [0, 0.05) is 28.3 Å². The standard InChI is InChI=1S/C20H32N2O5Si/c1-13-11-22(18(24)21-17(13)23)16-10-8-9-14-15(26-16)12-25-28(27-14,19(2,3)4)20(5,6)7/h8-9,11,14-16H,10,12H2,1-7H3,(H,21,23,24)/t14-,15+,16+/m0/s1. The molecule has 156 valence electrons. The zero-order chi connectivity index (χ0) is 20.9. The molecular formula is C20H32N2O5Si. The van der Waals surface area contributed by atoms with Gasteiger partial charge in [0.15, 0.2) is 0 Å². The lowest BCUT2D eigenvalue weighted by Crippen LogP contribution is -2.64. The Bertz CT molecular complexity index is 860. The molecule has 3 rings (SSSR count). The molecule has 1 N–H and O–H groups in total. The molecule has 0 spiro atoms. The second kappa shape index (κ2) is 7.09. The smallest absolute Gasteiger partial charge is 0.349 e. The number of hydrogen-bond donors (Lipinski definition) is 1. The van der Waals surface area contributed by atoms with Crippen molar-refractivity contribution in [2.75, 3.05) is 6.61 Å². The van der Waals surface area contributed by atoms with Crippen LogP contribution in [0.3, 0.4) is 0 Å². The first-order chi connectivity index (χ1) is 12.9. The number of ether oxygens (including phenoxy) is 1. The van der Waals surface area contributed by atoms with Crippen molar-refractivity contribution in [3.8, 4) is 0 Å². The normalized spacial score (nSPS) is 27.9. The van der Waals surface area contributed by atoms with Crippen LogP contribution in [0.5, 0.6) is 0 Å². The highest BCUT2D eigenvalue weighted by atomic mass is 28.4. The summed E-state index contributed by atoms with van der Waals surface area (Å²) in [6.07, 6.45) is 5.06. The fraction of sp³-hybridized carbons (Fsp3) is 0.700. The Hall–Kier alpha value is -1.48. The van der Waals surface area contributed by atoms with Gasteiger partial charge in [0.05, 0.1) is 12.7 Å². The molecule has 0 aliphatic carbocycles. The van der Waals surface area contributed by atoms with Crippen LogP contribution in [0.1, 0.15) is 59.8 Å². The van der Waals surface area contributed by atoms with E-state index in [4.69, 9.17) is 13.6 Å². The predicted molar refractivity (Wildman–Crippen MR) is 110 cm³/mol. The molecule has 2 aliphatic heterocycles. The van der Waals surface area contributed by atoms with Crippen LogP contribution in [-0.2, 0) is 13.6 Å². The van der Waals surface area contributed by atoms with E-state index >= 15 is 0 Å². The van der Waals surface area contributed by atoms with Crippen molar-refractivity contribution in [3.63, 3.8) is 0 Å². The summed E-state index contributed by atoms with van der Waals surface area (Å²) < 4.78 is 20.9. The van der Waals surface area contributed by atoms with E-state index in [2.05, 4.69) is 46.5 Å². The van der Waals surface area contributed by atoms with E-state index in [1.54, 1.807) is 13.1 Å². The average Bonchev–Trinajstić information content (AvgIpc) is 2.77. The van der Waals surface area contributed by atoms with Gasteiger partial charge in [0.25, 0.3) is 5.56 Å². The van der Waals surface area contributed by atoms with E-state index in [1.165, 1.54) is 4.57 Å². The largest absolute Gasteiger partial charge is 0.391 e. The minimum atomic E-state index is -2.59. The molecule has 1 fully saturated rings. The van der Waals surface area contributed by atoms with Crippen molar-refractivity contribution in [3.05, 3.63) is 44.8 Å². The number of aromatic nitrogens is 2. The van der Waals surface area contributed by atoms with Gasteiger partial charge in [0.2, 0.25) is 0 Å². The molecule has 0 unspecified atom stereocenters. The molecule has 0 amide bonds. The average molecular weight is 409 g/mol. The summed E-state index contributed by atoms with van der Waals surface area (Å²) >= 11 is 0. The minimum absolute atomic E-state index is 0.108. The first-order valence-corrected chi connectivity index (χ1v) is 11.6. The molecule has 28 heavy (non-hydrogen) atoms. The highest BCUT2D eigenvalue weighted by Gasteiger charge is 2.62. The molecule has 3 heterocycles. The Labute approximate surface area is 167 Å². The van der Waals surface area contributed by atoms with Gasteiger partial charge in [0.1, 0.15) is 12.3 Å². The highest BCUT2D eigenvalue weighted by Crippen LogP contribution is 2.54. The van der Waals surface area contributed by atoms with Crippen molar-refractivity contribution in [1.82, 2.24) is 9.55 Å². The van der Waals surface area contributed by atoms with Gasteiger partial charge in [-0.3, -0.25) is 14.3 Å². The zero-order valence-electron chi connectivity index (χ0n) is 17.9. The lowest BCUT2D eigenvalue weighted by Gasteiger charge is -2.54. The van der Waals surface area contributed by atoms with E-state index in [9.17, 15) is 9.59 Å². The van der Waals surface area contributed by atoms with Crippen molar-refractivity contribution >= 4 is 8.56 Å². The van der Waals surface area contributed by atoms with Crippen LogP contribution >= 0.6 is 0 Å². The third-order valence-electron chi connectivity index (χ3n) is 5.55. The Kier molecular flexibility index (Phi) is 5.37. The summed E-state index contributed by atoms with van der Waals surface area (Å²) in [5, 5.41) is -0.217. The van der Waals surface area contributed by atoms with Gasteiger partial charge in [-0.15, -0.1) is 0 Å². The van der Waals surface area contributed by atoms with Crippen LogP contribution in [0.4, 0.5) is 0 Å². The molecule has 0 saturated carbocycles. The molecular weight excluding hydrogens is 376 g/mol. The van der Waals surface area contributed by atoms with Crippen LogP contribution in [0, 0.1) is 6.92 Å². The molecule has 1 aromatic heterocycles. The van der Waals surface area contributed by atoms with Gasteiger partial charge in [-0.05, 0) is 6.92 Å². The lowest BCUT2D eigenvalue weighted by molar-refractivity contribution is -0.134. The molecule has 0 bridgehead atoms. The number of rotatable bonds is 1. The monoisotopic (exact) mass is 408 g/mol. The van der Waals surface area contributed by atoms with Crippen LogP contribution in [-0.4, -0.2) is 36.9 Å². The van der Waals surface area contributed by atoms with Crippen LogP contribution < -0.4 is 11.2 Å². The van der Waals surface area contributed by atoms with Gasteiger partial charge in [-0.25, -0.2) is 4.79 Å². The predicted octanol–water partition coefficient (Wildman–Crippen LogP) is 3.15. The first-order valence-electron chi connectivity index (χ1n) is 9.82. The molecule has 0 aromatic carbocycles. The molecule has 8 heteroatoms. The number of aryl methyl sites for hydroxylation is 1. The van der Waals surface area contributed by atoms with Crippen molar-refractivity contribution in [1.29, 1.82) is 0 Å². The van der Waals surface area contributed by atoms with E-state index < -0.39 is 20.5 Å². The maximum Gasteiger partial charge on any atom is 0.349 e. The summed E-state index contributed by atoms with van der Waals surface area (Å²) in [4.78, 5) is 26.3. The van der Waals surface area contributed by atoms with E-state index in [-0.39, 0.29) is 27.8 Å². The number of nitrogens with one attached hydrogen (secondary N) is 1. The van der Waals surface area contributed by atoms with E-state index in [0.717, 1.165) is 0 Å². The van der Waals surface area contributed by atoms with Crippen molar-refractivity contribution in [2.45, 2.75) is 83.4 Å². The number of nitrogens with zero attached hydrogens (tertiary/aromatic N) is 1. The summed E-state index contributed by atoms with van der Waals surface area (Å²) in [6, 6.07) is 0. The third-order valence-corrected chi connectivity index (χ3v) is 10.7. The van der Waals surface area contributed by atoms with E-state index in [1.807, 2.05) is 12.2 Å². The molecule has 7 nitrogen and oxygen atoms in total. The molecule has 1 saturated heterocycles. The topological polar surface area (TPSA) is 82.6 Å². The number of fused-ring (bicyclic) bond motifs is 1. The zero-order valence-corrected chi connectivity index (χ0v) is 18.9. The summed E-state index contributed by atoms with van der Waals surface area (Å²) in [5.74, 6) is 0. The van der Waals surface area contributed by atoms with Gasteiger partial charge in [-0.2, -0.15) is 0 Å². The first kappa shape index (κ1) is 21.2. The fourth-order valence-corrected chi connectivity index (χ4v) is 9.26. The Balaban J connectivity index is 1.89. The summed E-state index contributed by atoms with van der Waals surface area (Å²) in [6.45, 7) is 15.2. The van der Waals surface area contributed by atoms with Gasteiger partial charge < -0.3 is 13.6 Å².